The minimum atomic E-state index is -1.04. The molecule has 28 heavy (non-hydrogen) atoms. The molecule has 0 aliphatic carbocycles. The Bertz CT molecular complexity index is 1010. The Hall–Kier alpha value is -2.62. The molecule has 2 heterocycles. The van der Waals surface area contributed by atoms with E-state index in [2.05, 4.69) is 15.0 Å². The van der Waals surface area contributed by atoms with E-state index >= 15 is 0 Å². The summed E-state index contributed by atoms with van der Waals surface area (Å²) < 4.78 is 7.57. The average Bonchev–Trinajstić information content (AvgIpc) is 3.08. The van der Waals surface area contributed by atoms with Gasteiger partial charge in [-0.1, -0.05) is 23.2 Å². The van der Waals surface area contributed by atoms with Gasteiger partial charge in [0.25, 0.3) is 0 Å². The van der Waals surface area contributed by atoms with Crippen LogP contribution in [0.1, 0.15) is 18.4 Å². The average molecular weight is 425 g/mol. The van der Waals surface area contributed by atoms with Crippen LogP contribution < -0.4 is 16.2 Å². The largest absolute Gasteiger partial charge is 0.493 e. The van der Waals surface area contributed by atoms with Crippen LogP contribution >= 0.6 is 23.2 Å². The van der Waals surface area contributed by atoms with E-state index in [9.17, 15) is 4.79 Å². The van der Waals surface area contributed by atoms with E-state index in [0.29, 0.717) is 51.9 Å². The summed E-state index contributed by atoms with van der Waals surface area (Å²) in [4.78, 5) is 23.2. The van der Waals surface area contributed by atoms with Crippen LogP contribution in [-0.4, -0.2) is 43.2 Å². The molecule has 3 aromatic rings. The monoisotopic (exact) mass is 424 g/mol. The molecule has 3 rings (SSSR count). The number of hydrogen-bond acceptors (Lipinski definition) is 7. The van der Waals surface area contributed by atoms with Crippen molar-refractivity contribution >= 4 is 46.2 Å². The molecule has 2 aromatic heterocycles. The molecule has 0 aliphatic heterocycles. The summed E-state index contributed by atoms with van der Waals surface area (Å²) in [6.45, 7) is 0.585. The van der Waals surface area contributed by atoms with Crippen molar-refractivity contribution in [3.63, 3.8) is 0 Å². The molecule has 148 valence electrons. The molecule has 0 bridgehead atoms. The number of aromatic nitrogens is 4. The second-order valence-electron chi connectivity index (χ2n) is 6.08. The smallest absolute Gasteiger partial charge is 0.320 e. The van der Waals surface area contributed by atoms with Crippen molar-refractivity contribution in [1.82, 2.24) is 19.5 Å². The molecule has 0 spiro atoms. The summed E-state index contributed by atoms with van der Waals surface area (Å²) >= 11 is 12.6. The lowest BCUT2D eigenvalue weighted by molar-refractivity contribution is -0.138. The fourth-order valence-electron chi connectivity index (χ4n) is 2.65. The van der Waals surface area contributed by atoms with Crippen LogP contribution in [-0.2, 0) is 11.3 Å². The van der Waals surface area contributed by atoms with Crippen molar-refractivity contribution in [2.24, 2.45) is 5.73 Å². The topological polar surface area (TPSA) is 142 Å². The molecule has 0 aliphatic rings. The fourth-order valence-corrected chi connectivity index (χ4v) is 3.04. The number of benzene rings is 1. The molecule has 5 N–H and O–H groups in total. The van der Waals surface area contributed by atoms with Gasteiger partial charge in [0, 0.05) is 5.56 Å². The molecule has 0 saturated heterocycles. The van der Waals surface area contributed by atoms with E-state index in [0.717, 1.165) is 0 Å². The molecular weight excluding hydrogens is 407 g/mol. The zero-order valence-corrected chi connectivity index (χ0v) is 16.2. The molecule has 1 atom stereocenters. The van der Waals surface area contributed by atoms with Crippen LogP contribution in [0.5, 0.6) is 5.75 Å². The Morgan fingerprint density at radius 3 is 2.82 bits per heavy atom. The third-order valence-electron chi connectivity index (χ3n) is 4.15. The highest BCUT2D eigenvalue weighted by molar-refractivity contribution is 6.42. The van der Waals surface area contributed by atoms with Crippen molar-refractivity contribution in [2.75, 3.05) is 12.3 Å². The predicted octanol–water partition coefficient (Wildman–Crippen LogP) is 2.33. The Balaban J connectivity index is 1.80. The first kappa shape index (κ1) is 20.1. The van der Waals surface area contributed by atoms with Crippen molar-refractivity contribution in [3.05, 3.63) is 40.4 Å². The van der Waals surface area contributed by atoms with Gasteiger partial charge in [-0.25, -0.2) is 15.0 Å². The number of nitrogens with zero attached hydrogens (tertiary/aromatic N) is 4. The van der Waals surface area contributed by atoms with Crippen LogP contribution in [0.25, 0.3) is 11.2 Å². The maximum Gasteiger partial charge on any atom is 0.320 e. The maximum absolute atomic E-state index is 10.8. The van der Waals surface area contributed by atoms with Crippen LogP contribution in [0.3, 0.4) is 0 Å². The first-order valence-corrected chi connectivity index (χ1v) is 9.13. The molecule has 11 heteroatoms. The molecule has 9 nitrogen and oxygen atoms in total. The van der Waals surface area contributed by atoms with Gasteiger partial charge < -0.3 is 25.9 Å². The summed E-state index contributed by atoms with van der Waals surface area (Å²) in [7, 11) is 0. The van der Waals surface area contributed by atoms with Crippen LogP contribution in [0.2, 0.25) is 10.0 Å². The Labute approximate surface area is 170 Å². The van der Waals surface area contributed by atoms with E-state index in [1.165, 1.54) is 6.33 Å². The standard InChI is InChI=1S/C17H18Cl2N6O3/c18-10-3-4-12(28-5-1-2-11(20)17(26)27)9(13(10)19)6-25-8-24-14-15(21)22-7-23-16(14)25/h3-4,7-8,11H,1-2,5-6,20H2,(H,26,27)(H2,21,22,23). The van der Waals surface area contributed by atoms with Crippen molar-refractivity contribution in [3.8, 4) is 5.75 Å². The maximum atomic E-state index is 10.8. The van der Waals surface area contributed by atoms with Crippen molar-refractivity contribution in [1.29, 1.82) is 0 Å². The molecule has 1 aromatic carbocycles. The number of fused-ring (bicyclic) bond motifs is 1. The highest BCUT2D eigenvalue weighted by Crippen LogP contribution is 2.34. The fraction of sp³-hybridized carbons (Fsp3) is 0.294. The van der Waals surface area contributed by atoms with Crippen molar-refractivity contribution < 1.29 is 14.6 Å². The zero-order valence-electron chi connectivity index (χ0n) is 14.7. The number of aliphatic carboxylic acids is 1. The van der Waals surface area contributed by atoms with Gasteiger partial charge in [0.15, 0.2) is 11.5 Å². The van der Waals surface area contributed by atoms with Gasteiger partial charge in [-0.2, -0.15) is 0 Å². The van der Waals surface area contributed by atoms with Gasteiger partial charge >= 0.3 is 5.97 Å². The number of carboxylic acids is 1. The zero-order chi connectivity index (χ0) is 20.3. The molecule has 0 fully saturated rings. The second kappa shape index (κ2) is 8.59. The first-order valence-electron chi connectivity index (χ1n) is 8.38. The summed E-state index contributed by atoms with van der Waals surface area (Å²) in [6.07, 6.45) is 3.72. The number of halogens is 2. The summed E-state index contributed by atoms with van der Waals surface area (Å²) in [5.41, 5.74) is 13.0. The minimum absolute atomic E-state index is 0.283. The molecule has 0 radical (unpaired) electrons. The van der Waals surface area contributed by atoms with Gasteiger partial charge in [0.1, 0.15) is 23.6 Å². The molecule has 0 amide bonds. The van der Waals surface area contributed by atoms with Crippen LogP contribution in [0.15, 0.2) is 24.8 Å². The summed E-state index contributed by atoms with van der Waals surface area (Å²) in [5, 5.41) is 9.57. The van der Waals surface area contributed by atoms with E-state index in [1.807, 2.05) is 0 Å². The number of carbonyl (C=O) groups is 1. The van der Waals surface area contributed by atoms with Gasteiger partial charge in [-0.15, -0.1) is 0 Å². The number of rotatable bonds is 8. The number of imidazole rings is 1. The predicted molar refractivity (Wildman–Crippen MR) is 106 cm³/mol. The van der Waals surface area contributed by atoms with Crippen LogP contribution in [0, 0.1) is 0 Å². The third kappa shape index (κ3) is 4.27. The lowest BCUT2D eigenvalue weighted by atomic mass is 10.1. The van der Waals surface area contributed by atoms with E-state index < -0.39 is 12.0 Å². The Kier molecular flexibility index (Phi) is 6.18. The summed E-state index contributed by atoms with van der Waals surface area (Å²) in [5.74, 6) is -0.224. The Morgan fingerprint density at radius 2 is 2.07 bits per heavy atom. The van der Waals surface area contributed by atoms with Gasteiger partial charge in [0.2, 0.25) is 0 Å². The minimum Gasteiger partial charge on any atom is -0.493 e. The van der Waals surface area contributed by atoms with Crippen LogP contribution in [0.4, 0.5) is 5.82 Å². The van der Waals surface area contributed by atoms with Gasteiger partial charge in [0.05, 0.1) is 29.5 Å². The Morgan fingerprint density at radius 1 is 1.29 bits per heavy atom. The quantitative estimate of drug-likeness (QED) is 0.467. The lowest BCUT2D eigenvalue weighted by Gasteiger charge is -2.15. The van der Waals surface area contributed by atoms with Crippen molar-refractivity contribution in [2.45, 2.75) is 25.4 Å². The number of ether oxygens (including phenoxy) is 1. The number of nitrogens with two attached hydrogens (primary N) is 2. The highest BCUT2D eigenvalue weighted by atomic mass is 35.5. The van der Waals surface area contributed by atoms with Gasteiger partial charge in [-0.3, -0.25) is 4.79 Å². The first-order chi connectivity index (χ1) is 13.4. The third-order valence-corrected chi connectivity index (χ3v) is 4.99. The highest BCUT2D eigenvalue weighted by Gasteiger charge is 2.16. The SMILES string of the molecule is Nc1ncnc2c1ncn2Cc1c(OCCCC(N)C(=O)O)ccc(Cl)c1Cl. The normalized spacial score (nSPS) is 12.2. The number of anilines is 1. The number of hydrogen-bond donors (Lipinski definition) is 3. The number of nitrogen functional groups attached to an aromatic ring is 1. The van der Waals surface area contributed by atoms with E-state index in [-0.39, 0.29) is 12.4 Å². The second-order valence-corrected chi connectivity index (χ2v) is 6.86. The van der Waals surface area contributed by atoms with E-state index in [1.54, 1.807) is 23.0 Å². The van der Waals surface area contributed by atoms with Gasteiger partial charge in [-0.05, 0) is 25.0 Å². The number of carboxylic acid groups (broad SMARTS) is 1. The molecule has 1 unspecified atom stereocenters. The molecular formula is C17H18Cl2N6O3. The van der Waals surface area contributed by atoms with E-state index in [4.69, 9.17) is 44.5 Å². The molecule has 0 saturated carbocycles. The lowest BCUT2D eigenvalue weighted by Crippen LogP contribution is -2.30. The summed E-state index contributed by atoms with van der Waals surface area (Å²) in [6, 6.07) is 2.43.